The lowest BCUT2D eigenvalue weighted by Gasteiger charge is -2.32. The summed E-state index contributed by atoms with van der Waals surface area (Å²) >= 11 is 0. The predicted molar refractivity (Wildman–Crippen MR) is 129 cm³/mol. The van der Waals surface area contributed by atoms with Crippen molar-refractivity contribution < 1.29 is 19.4 Å². The first-order valence-corrected chi connectivity index (χ1v) is 11.4. The number of hydrogen-bond donors (Lipinski definition) is 3. The third kappa shape index (κ3) is 5.03. The summed E-state index contributed by atoms with van der Waals surface area (Å²) in [4.78, 5) is 29.3. The average molecular weight is 450 g/mol. The molecule has 1 aliphatic rings. The lowest BCUT2D eigenvalue weighted by molar-refractivity contribution is -0.118. The van der Waals surface area contributed by atoms with Crippen LogP contribution < -0.4 is 10.1 Å². The monoisotopic (exact) mass is 449 g/mol. The molecule has 0 atom stereocenters. The summed E-state index contributed by atoms with van der Waals surface area (Å²) in [6.07, 6.45) is 1.96. The number of hydrogen-bond acceptors (Lipinski definition) is 4. The van der Waals surface area contributed by atoms with E-state index >= 15 is 0 Å². The molecule has 0 saturated carbocycles. The smallest absolute Gasteiger partial charge is 0.352 e. The second-order valence-corrected chi connectivity index (χ2v) is 9.02. The number of methoxy groups -OCH3 is 1. The van der Waals surface area contributed by atoms with Gasteiger partial charge >= 0.3 is 5.97 Å². The van der Waals surface area contributed by atoms with Gasteiger partial charge < -0.3 is 20.1 Å². The number of fused-ring (bicyclic) bond motifs is 1. The van der Waals surface area contributed by atoms with E-state index in [9.17, 15) is 14.7 Å². The van der Waals surface area contributed by atoms with E-state index in [1.165, 1.54) is 5.56 Å². The predicted octanol–water partition coefficient (Wildman–Crippen LogP) is 4.85. The second kappa shape index (κ2) is 9.67. The van der Waals surface area contributed by atoms with Gasteiger partial charge in [-0.2, -0.15) is 0 Å². The van der Waals surface area contributed by atoms with E-state index < -0.39 is 5.97 Å². The van der Waals surface area contributed by atoms with Crippen LogP contribution in [0.15, 0.2) is 42.5 Å². The van der Waals surface area contributed by atoms with Crippen LogP contribution >= 0.6 is 0 Å². The average Bonchev–Trinajstić information content (AvgIpc) is 3.17. The van der Waals surface area contributed by atoms with Crippen LogP contribution in [0.1, 0.15) is 54.2 Å². The largest absolute Gasteiger partial charge is 0.497 e. The number of rotatable bonds is 7. The first kappa shape index (κ1) is 22.9. The number of anilines is 1. The van der Waals surface area contributed by atoms with Gasteiger partial charge in [0.05, 0.1) is 7.11 Å². The number of ether oxygens (including phenoxy) is 1. The molecule has 0 bridgehead atoms. The van der Waals surface area contributed by atoms with Crippen molar-refractivity contribution in [1.29, 1.82) is 0 Å². The SMILES string of the molecule is COc1ccc2[nH]c(C(=O)O)c(CN3CCC(c4cccc(NC(=O)C(C)C)c4)CC3)c2c1. The minimum Gasteiger partial charge on any atom is -0.497 e. The molecule has 1 saturated heterocycles. The number of carboxylic acid groups (broad SMARTS) is 1. The van der Waals surface area contributed by atoms with E-state index in [2.05, 4.69) is 27.3 Å². The number of H-pyrrole nitrogens is 1. The van der Waals surface area contributed by atoms with Crippen molar-refractivity contribution in [3.05, 3.63) is 59.3 Å². The molecule has 0 aliphatic carbocycles. The topological polar surface area (TPSA) is 94.7 Å². The summed E-state index contributed by atoms with van der Waals surface area (Å²) in [7, 11) is 1.61. The van der Waals surface area contributed by atoms with Crippen molar-refractivity contribution >= 4 is 28.5 Å². The lowest BCUT2D eigenvalue weighted by atomic mass is 9.89. The molecule has 3 N–H and O–H groups in total. The van der Waals surface area contributed by atoms with Crippen LogP contribution in [0.5, 0.6) is 5.75 Å². The quantitative estimate of drug-likeness (QED) is 0.479. The van der Waals surface area contributed by atoms with Crippen molar-refractivity contribution in [3.63, 3.8) is 0 Å². The Bertz CT molecular complexity index is 1160. The Labute approximate surface area is 193 Å². The van der Waals surface area contributed by atoms with Gasteiger partial charge in [-0.3, -0.25) is 9.69 Å². The van der Waals surface area contributed by atoms with E-state index in [0.29, 0.717) is 18.2 Å². The Morgan fingerprint density at radius 3 is 2.61 bits per heavy atom. The molecule has 7 heteroatoms. The molecular weight excluding hydrogens is 418 g/mol. The zero-order chi connectivity index (χ0) is 23.5. The van der Waals surface area contributed by atoms with Crippen molar-refractivity contribution in [2.45, 2.75) is 39.2 Å². The van der Waals surface area contributed by atoms with Gasteiger partial charge in [-0.15, -0.1) is 0 Å². The van der Waals surface area contributed by atoms with E-state index in [1.807, 2.05) is 44.2 Å². The summed E-state index contributed by atoms with van der Waals surface area (Å²) in [5.41, 5.74) is 3.92. The van der Waals surface area contributed by atoms with Crippen LogP contribution in [-0.2, 0) is 11.3 Å². The first-order chi connectivity index (χ1) is 15.9. The number of carboxylic acids is 1. The van der Waals surface area contributed by atoms with Gasteiger partial charge in [-0.1, -0.05) is 26.0 Å². The minimum absolute atomic E-state index is 0.0200. The molecule has 3 aromatic rings. The summed E-state index contributed by atoms with van der Waals surface area (Å²) < 4.78 is 5.35. The standard InChI is InChI=1S/C26H31N3O4/c1-16(2)25(30)27-19-6-4-5-18(13-19)17-9-11-29(12-10-17)15-22-21-14-20(33-3)7-8-23(21)28-24(22)26(31)32/h4-8,13-14,16-17,28H,9-12,15H2,1-3H3,(H,27,30)(H,31,32). The maximum Gasteiger partial charge on any atom is 0.352 e. The van der Waals surface area contributed by atoms with Crippen LogP contribution in [0.25, 0.3) is 10.9 Å². The van der Waals surface area contributed by atoms with Crippen molar-refractivity contribution in [2.24, 2.45) is 5.92 Å². The zero-order valence-electron chi connectivity index (χ0n) is 19.4. The molecule has 2 aromatic carbocycles. The van der Waals surface area contributed by atoms with Gasteiger partial charge in [0, 0.05) is 34.6 Å². The number of nitrogens with zero attached hydrogens (tertiary/aromatic N) is 1. The third-order valence-electron chi connectivity index (χ3n) is 6.45. The Hall–Kier alpha value is -3.32. The number of amides is 1. The van der Waals surface area contributed by atoms with Crippen LogP contribution in [-0.4, -0.2) is 47.1 Å². The maximum atomic E-state index is 12.0. The number of aromatic nitrogens is 1. The molecule has 1 aliphatic heterocycles. The number of carbonyl (C=O) groups is 2. The molecule has 1 fully saturated rings. The summed E-state index contributed by atoms with van der Waals surface area (Å²) in [6.45, 7) is 6.10. The Balaban J connectivity index is 1.46. The molecule has 7 nitrogen and oxygen atoms in total. The highest BCUT2D eigenvalue weighted by Crippen LogP contribution is 2.32. The van der Waals surface area contributed by atoms with E-state index in [1.54, 1.807) is 7.11 Å². The summed E-state index contributed by atoms with van der Waals surface area (Å²) in [5, 5.41) is 13.6. The van der Waals surface area contributed by atoms with Gasteiger partial charge in [0.25, 0.3) is 0 Å². The zero-order valence-corrected chi connectivity index (χ0v) is 19.4. The van der Waals surface area contributed by atoms with Gasteiger partial charge in [0.1, 0.15) is 11.4 Å². The van der Waals surface area contributed by atoms with Crippen molar-refractivity contribution in [3.8, 4) is 5.75 Å². The molecule has 174 valence electrons. The molecular formula is C26H31N3O4. The maximum absolute atomic E-state index is 12.0. The van der Waals surface area contributed by atoms with E-state index in [0.717, 1.165) is 48.1 Å². The highest BCUT2D eigenvalue weighted by Gasteiger charge is 2.25. The number of piperidine rings is 1. The van der Waals surface area contributed by atoms with Crippen LogP contribution in [0, 0.1) is 5.92 Å². The van der Waals surface area contributed by atoms with Crippen molar-refractivity contribution in [1.82, 2.24) is 9.88 Å². The van der Waals surface area contributed by atoms with Gasteiger partial charge in [-0.05, 0) is 67.7 Å². The highest BCUT2D eigenvalue weighted by atomic mass is 16.5. The normalized spacial score (nSPS) is 15.2. The van der Waals surface area contributed by atoms with Crippen LogP contribution in [0.3, 0.4) is 0 Å². The lowest BCUT2D eigenvalue weighted by Crippen LogP contribution is -2.33. The summed E-state index contributed by atoms with van der Waals surface area (Å²) in [5.74, 6) is 0.140. The summed E-state index contributed by atoms with van der Waals surface area (Å²) in [6, 6.07) is 13.7. The first-order valence-electron chi connectivity index (χ1n) is 11.4. The van der Waals surface area contributed by atoms with E-state index in [4.69, 9.17) is 4.74 Å². The van der Waals surface area contributed by atoms with Gasteiger partial charge in [-0.25, -0.2) is 4.79 Å². The van der Waals surface area contributed by atoms with Crippen molar-refractivity contribution in [2.75, 3.05) is 25.5 Å². The van der Waals surface area contributed by atoms with Gasteiger partial charge in [0.2, 0.25) is 5.91 Å². The fourth-order valence-corrected chi connectivity index (χ4v) is 4.51. The molecule has 0 spiro atoms. The molecule has 2 heterocycles. The Morgan fingerprint density at radius 1 is 1.18 bits per heavy atom. The number of carbonyl (C=O) groups excluding carboxylic acids is 1. The number of benzene rings is 2. The molecule has 1 amide bonds. The molecule has 1 aromatic heterocycles. The number of likely N-dealkylation sites (tertiary alicyclic amines) is 1. The molecule has 33 heavy (non-hydrogen) atoms. The number of aromatic amines is 1. The van der Waals surface area contributed by atoms with Gasteiger partial charge in [0.15, 0.2) is 0 Å². The minimum atomic E-state index is -0.949. The van der Waals surface area contributed by atoms with E-state index in [-0.39, 0.29) is 17.5 Å². The Morgan fingerprint density at radius 2 is 1.94 bits per heavy atom. The molecule has 4 rings (SSSR count). The van der Waals surface area contributed by atoms with Crippen LogP contribution in [0.4, 0.5) is 5.69 Å². The molecule has 0 radical (unpaired) electrons. The molecule has 0 unspecified atom stereocenters. The Kier molecular flexibility index (Phi) is 6.70. The fourth-order valence-electron chi connectivity index (χ4n) is 4.51. The number of aromatic carboxylic acids is 1. The second-order valence-electron chi connectivity index (χ2n) is 9.02. The number of nitrogens with one attached hydrogen (secondary N) is 2. The van der Waals surface area contributed by atoms with Crippen LogP contribution in [0.2, 0.25) is 0 Å². The fraction of sp³-hybridized carbons (Fsp3) is 0.385. The highest BCUT2D eigenvalue weighted by molar-refractivity contribution is 5.97. The third-order valence-corrected chi connectivity index (χ3v) is 6.45.